The summed E-state index contributed by atoms with van der Waals surface area (Å²) in [7, 11) is 0. The average molecular weight is 457 g/mol. The first-order chi connectivity index (χ1) is 15.5. The van der Waals surface area contributed by atoms with Crippen molar-refractivity contribution < 1.29 is 14.9 Å². The monoisotopic (exact) mass is 456 g/mol. The molecule has 3 saturated carbocycles. The molecule has 1 spiro atoms. The summed E-state index contributed by atoms with van der Waals surface area (Å²) in [6.07, 6.45) is 14.9. The fourth-order valence-electron chi connectivity index (χ4n) is 7.60. The van der Waals surface area contributed by atoms with Gasteiger partial charge < -0.3 is 14.9 Å². The smallest absolute Gasteiger partial charge is 0.0794 e. The Morgan fingerprint density at radius 1 is 1.18 bits per heavy atom. The van der Waals surface area contributed by atoms with Crippen molar-refractivity contribution >= 4 is 0 Å². The van der Waals surface area contributed by atoms with Gasteiger partial charge >= 0.3 is 0 Å². The Morgan fingerprint density at radius 3 is 2.55 bits per heavy atom. The minimum Gasteiger partial charge on any atom is -0.390 e. The molecule has 33 heavy (non-hydrogen) atoms. The molecule has 3 aliphatic carbocycles. The number of ether oxygens (including phenoxy) is 1. The molecule has 4 aliphatic rings. The lowest BCUT2D eigenvalue weighted by Gasteiger charge is -2.47. The quantitative estimate of drug-likeness (QED) is 0.473. The van der Waals surface area contributed by atoms with Crippen LogP contribution in [0.25, 0.3) is 0 Å². The maximum absolute atomic E-state index is 10.6. The Balaban J connectivity index is 1.46. The van der Waals surface area contributed by atoms with Gasteiger partial charge in [-0.15, -0.1) is 0 Å². The van der Waals surface area contributed by atoms with Crippen LogP contribution in [0.15, 0.2) is 35.5 Å². The molecule has 4 fully saturated rings. The molecule has 4 rings (SSSR count). The second kappa shape index (κ2) is 9.28. The van der Waals surface area contributed by atoms with E-state index in [-0.39, 0.29) is 5.41 Å². The Labute approximate surface area is 202 Å². The first-order valence-electron chi connectivity index (χ1n) is 13.5. The molecule has 0 aromatic carbocycles. The third kappa shape index (κ3) is 4.93. The number of hydrogen-bond donors (Lipinski definition) is 2. The molecule has 0 bridgehead atoms. The van der Waals surface area contributed by atoms with Crippen molar-refractivity contribution in [2.45, 2.75) is 104 Å². The van der Waals surface area contributed by atoms with Gasteiger partial charge in [-0.2, -0.15) is 0 Å². The summed E-state index contributed by atoms with van der Waals surface area (Å²) in [6.45, 7) is 16.9. The van der Waals surface area contributed by atoms with Crippen molar-refractivity contribution in [1.29, 1.82) is 0 Å². The minimum absolute atomic E-state index is 0.139. The van der Waals surface area contributed by atoms with E-state index in [1.165, 1.54) is 44.1 Å². The molecule has 1 heterocycles. The molecule has 6 atom stereocenters. The summed E-state index contributed by atoms with van der Waals surface area (Å²) in [5.41, 5.74) is 3.73. The molecule has 3 nitrogen and oxygen atoms in total. The van der Waals surface area contributed by atoms with E-state index in [4.69, 9.17) is 4.74 Å². The van der Waals surface area contributed by atoms with Crippen molar-refractivity contribution in [3.8, 4) is 0 Å². The van der Waals surface area contributed by atoms with Crippen LogP contribution >= 0.6 is 0 Å². The number of aliphatic hydroxyl groups is 2. The second-order valence-corrected chi connectivity index (χ2v) is 13.1. The van der Waals surface area contributed by atoms with Gasteiger partial charge in [-0.05, 0) is 105 Å². The van der Waals surface area contributed by atoms with Gasteiger partial charge in [-0.25, -0.2) is 0 Å². The largest absolute Gasteiger partial charge is 0.390 e. The van der Waals surface area contributed by atoms with Crippen LogP contribution in [0.1, 0.15) is 92.4 Å². The Hall–Kier alpha value is -0.900. The summed E-state index contributed by atoms with van der Waals surface area (Å²) < 4.78 is 5.50. The standard InChI is InChI=1S/C30H48O3/c1-20(9-10-21(2)28(4,5)32)25-13-14-26-23(8-7-15-29(25,26)6)11-12-24-16-30(18-33-19-30)17-27(31)22(24)3/h11-12,20-21,25-27,31-32H,3,7-10,13-19H2,1-2,4-6H3/b23-11+,24-12-/t20-,21+,25-,26+,27+,29-/m1/s1. The molecule has 3 heteroatoms. The number of hydrogen-bond acceptors (Lipinski definition) is 3. The van der Waals surface area contributed by atoms with Crippen LogP contribution in [0.5, 0.6) is 0 Å². The first-order valence-corrected chi connectivity index (χ1v) is 13.5. The van der Waals surface area contributed by atoms with Crippen LogP contribution in [0.4, 0.5) is 0 Å². The fraction of sp³-hybridized carbons (Fsp3) is 0.800. The van der Waals surface area contributed by atoms with Crippen LogP contribution < -0.4 is 0 Å². The molecule has 2 N–H and O–H groups in total. The van der Waals surface area contributed by atoms with Crippen molar-refractivity contribution in [1.82, 2.24) is 0 Å². The lowest BCUT2D eigenvalue weighted by molar-refractivity contribution is -0.133. The van der Waals surface area contributed by atoms with Gasteiger partial charge in [0.25, 0.3) is 0 Å². The summed E-state index contributed by atoms with van der Waals surface area (Å²) in [4.78, 5) is 0. The molecular formula is C30H48O3. The first kappa shape index (κ1) is 25.2. The summed E-state index contributed by atoms with van der Waals surface area (Å²) in [5.74, 6) is 2.50. The maximum Gasteiger partial charge on any atom is 0.0794 e. The summed E-state index contributed by atoms with van der Waals surface area (Å²) >= 11 is 0. The zero-order valence-corrected chi connectivity index (χ0v) is 21.8. The minimum atomic E-state index is -0.586. The van der Waals surface area contributed by atoms with E-state index < -0.39 is 11.7 Å². The van der Waals surface area contributed by atoms with Crippen molar-refractivity contribution in [3.63, 3.8) is 0 Å². The molecule has 1 saturated heterocycles. The highest BCUT2D eigenvalue weighted by Gasteiger charge is 2.50. The van der Waals surface area contributed by atoms with Crippen LogP contribution in [0.2, 0.25) is 0 Å². The third-order valence-corrected chi connectivity index (χ3v) is 10.3. The average Bonchev–Trinajstić information content (AvgIpc) is 3.08. The van der Waals surface area contributed by atoms with Crippen molar-refractivity contribution in [3.05, 3.63) is 35.5 Å². The highest BCUT2D eigenvalue weighted by molar-refractivity contribution is 5.40. The molecule has 0 aromatic rings. The van der Waals surface area contributed by atoms with Crippen LogP contribution in [0, 0.1) is 34.5 Å². The third-order valence-electron chi connectivity index (χ3n) is 10.3. The molecule has 186 valence electrons. The fourth-order valence-corrected chi connectivity index (χ4v) is 7.60. The SMILES string of the molecule is C=C1/C(=C\C=C2/CCC[C@]3(C)[C@@H]([C@H](C)CC[C@H](C)C(C)(C)O)CC[C@@H]23)CC2(COC2)C[C@@H]1O. The second-order valence-electron chi connectivity index (χ2n) is 13.1. The van der Waals surface area contributed by atoms with Crippen LogP contribution in [-0.2, 0) is 4.74 Å². The van der Waals surface area contributed by atoms with Crippen LogP contribution in [0.3, 0.4) is 0 Å². The lowest BCUT2D eigenvalue weighted by Crippen LogP contribution is -2.48. The number of fused-ring (bicyclic) bond motifs is 1. The number of allylic oxidation sites excluding steroid dienone is 3. The number of rotatable bonds is 6. The molecule has 1 aliphatic heterocycles. The van der Waals surface area contributed by atoms with E-state index in [9.17, 15) is 10.2 Å². The van der Waals surface area contributed by atoms with Gasteiger partial charge in [0, 0.05) is 5.41 Å². The molecular weight excluding hydrogens is 408 g/mol. The van der Waals surface area contributed by atoms with E-state index in [2.05, 4.69) is 39.5 Å². The normalized spacial score (nSPS) is 38.4. The topological polar surface area (TPSA) is 49.7 Å². The lowest BCUT2D eigenvalue weighted by atomic mass is 9.60. The van der Waals surface area contributed by atoms with Gasteiger partial charge in [0.05, 0.1) is 24.9 Å². The van der Waals surface area contributed by atoms with E-state index in [1.54, 1.807) is 5.57 Å². The van der Waals surface area contributed by atoms with E-state index in [0.717, 1.165) is 44.0 Å². The Bertz CT molecular complexity index is 796. The van der Waals surface area contributed by atoms with Gasteiger partial charge in [0.2, 0.25) is 0 Å². The van der Waals surface area contributed by atoms with E-state index >= 15 is 0 Å². The molecule has 0 amide bonds. The van der Waals surface area contributed by atoms with Crippen molar-refractivity contribution in [2.75, 3.05) is 13.2 Å². The van der Waals surface area contributed by atoms with Gasteiger partial charge in [0.15, 0.2) is 0 Å². The maximum atomic E-state index is 10.6. The summed E-state index contributed by atoms with van der Waals surface area (Å²) in [5, 5.41) is 20.9. The highest BCUT2D eigenvalue weighted by Crippen LogP contribution is 2.60. The van der Waals surface area contributed by atoms with Gasteiger partial charge in [0.1, 0.15) is 0 Å². The molecule has 0 aromatic heterocycles. The summed E-state index contributed by atoms with van der Waals surface area (Å²) in [6, 6.07) is 0. The predicted octanol–water partition coefficient (Wildman–Crippen LogP) is 6.61. The molecule has 0 unspecified atom stereocenters. The van der Waals surface area contributed by atoms with Crippen LogP contribution in [-0.4, -0.2) is 35.1 Å². The Kier molecular flexibility index (Phi) is 7.09. The zero-order valence-electron chi connectivity index (χ0n) is 21.8. The highest BCUT2D eigenvalue weighted by atomic mass is 16.5. The van der Waals surface area contributed by atoms with Gasteiger partial charge in [-0.1, -0.05) is 51.5 Å². The molecule has 0 radical (unpaired) electrons. The van der Waals surface area contributed by atoms with E-state index in [1.807, 2.05) is 13.8 Å². The van der Waals surface area contributed by atoms with Gasteiger partial charge in [-0.3, -0.25) is 0 Å². The number of aliphatic hydroxyl groups excluding tert-OH is 1. The van der Waals surface area contributed by atoms with E-state index in [0.29, 0.717) is 23.2 Å². The predicted molar refractivity (Wildman–Crippen MR) is 136 cm³/mol. The Morgan fingerprint density at radius 2 is 1.91 bits per heavy atom. The zero-order chi connectivity index (χ0) is 24.0. The van der Waals surface area contributed by atoms with Crippen molar-refractivity contribution in [2.24, 2.45) is 34.5 Å².